The molecule has 3 amide bonds. The van der Waals surface area contributed by atoms with Crippen molar-refractivity contribution < 1.29 is 35.9 Å². The molecule has 0 spiro atoms. The number of epoxide rings is 1. The Morgan fingerprint density at radius 1 is 1.16 bits per heavy atom. The number of ketones is 1. The number of hydrogen-bond acceptors (Lipinski definition) is 7. The minimum atomic E-state index is -1.09. The van der Waals surface area contributed by atoms with Crippen LogP contribution in [0.25, 0.3) is 0 Å². The second kappa shape index (κ2) is 15.7. The van der Waals surface area contributed by atoms with Gasteiger partial charge in [0.2, 0.25) is 17.7 Å². The maximum Gasteiger partial charge on any atom is 0.245 e. The zero-order valence-electron chi connectivity index (χ0n) is 25.4. The molecule has 2 N–H and O–H groups in total. The summed E-state index contributed by atoms with van der Waals surface area (Å²) in [7, 11) is 1.53. The third-order valence-electron chi connectivity index (χ3n) is 7.59. The van der Waals surface area contributed by atoms with Gasteiger partial charge in [-0.25, -0.2) is 4.39 Å². The van der Waals surface area contributed by atoms with Crippen LogP contribution in [-0.4, -0.2) is 104 Å². The fourth-order valence-electron chi connectivity index (χ4n) is 4.74. The molecule has 43 heavy (non-hydrogen) atoms. The number of Topliss-reactive ketones (excluding diaryl/α,β-unsaturated/α-hetero) is 1. The molecule has 1 aromatic carbocycles. The standard InChI is InChI=1S/C32H43FN4O6.2H2/c1-6-25(33)13-12-22(2)18-26(35-30(40)23(3)34-28(38)20-37-14-16-42-17-15-37)31(41)36(5)27(29(39)32(4)21-43-32)19-24-10-8-7-9-11-24;;/h6-13,23,26-27H,1,14-21H2,2-5H3,(H,34,38)(H,35,40);2*1H/b22-12+,25-13+;;. The zero-order chi connectivity index (χ0) is 31.6. The molecule has 3 rings (SSSR count). The van der Waals surface area contributed by atoms with Crippen molar-refractivity contribution in [2.75, 3.05) is 46.5 Å². The van der Waals surface area contributed by atoms with E-state index < -0.39 is 41.4 Å². The molecule has 0 bridgehead atoms. The van der Waals surface area contributed by atoms with Gasteiger partial charge < -0.3 is 25.0 Å². The van der Waals surface area contributed by atoms with Gasteiger partial charge in [0.1, 0.15) is 23.5 Å². The minimum absolute atomic E-state index is 0. The number of nitrogens with one attached hydrogen (secondary N) is 2. The summed E-state index contributed by atoms with van der Waals surface area (Å²) in [5.74, 6) is -2.17. The smallest absolute Gasteiger partial charge is 0.245 e. The van der Waals surface area contributed by atoms with E-state index in [4.69, 9.17) is 9.47 Å². The number of carbonyl (C=O) groups excluding carboxylic acids is 4. The van der Waals surface area contributed by atoms with E-state index in [-0.39, 0.29) is 40.5 Å². The molecule has 2 saturated heterocycles. The second-order valence-corrected chi connectivity index (χ2v) is 11.3. The van der Waals surface area contributed by atoms with Crippen molar-refractivity contribution in [1.82, 2.24) is 20.4 Å². The number of ether oxygens (including phenoxy) is 2. The highest BCUT2D eigenvalue weighted by atomic mass is 19.1. The van der Waals surface area contributed by atoms with Gasteiger partial charge in [-0.3, -0.25) is 24.1 Å². The number of nitrogens with zero attached hydrogens (tertiary/aromatic N) is 2. The highest BCUT2D eigenvalue weighted by molar-refractivity contribution is 5.98. The van der Waals surface area contributed by atoms with Crippen molar-refractivity contribution in [1.29, 1.82) is 0 Å². The Morgan fingerprint density at radius 2 is 1.81 bits per heavy atom. The third-order valence-corrected chi connectivity index (χ3v) is 7.59. The van der Waals surface area contributed by atoms with Crippen molar-refractivity contribution >= 4 is 23.5 Å². The van der Waals surface area contributed by atoms with E-state index in [1.54, 1.807) is 13.8 Å². The van der Waals surface area contributed by atoms with E-state index in [0.717, 1.165) is 11.6 Å². The van der Waals surface area contributed by atoms with Gasteiger partial charge in [-0.05, 0) is 44.9 Å². The van der Waals surface area contributed by atoms with E-state index >= 15 is 0 Å². The quantitative estimate of drug-likeness (QED) is 0.234. The molecule has 11 heteroatoms. The molecule has 4 atom stereocenters. The van der Waals surface area contributed by atoms with E-state index in [2.05, 4.69) is 17.2 Å². The summed E-state index contributed by atoms with van der Waals surface area (Å²) >= 11 is 0. The minimum Gasteiger partial charge on any atom is -0.379 e. The van der Waals surface area contributed by atoms with Crippen LogP contribution in [0, 0.1) is 0 Å². The molecule has 2 fully saturated rings. The summed E-state index contributed by atoms with van der Waals surface area (Å²) < 4.78 is 24.4. The number of likely N-dealkylation sites (N-methyl/N-ethyl adjacent to an activating group) is 1. The Kier molecular flexibility index (Phi) is 12.4. The maximum absolute atomic E-state index is 14.0. The number of carbonyl (C=O) groups is 4. The van der Waals surface area contributed by atoms with Gasteiger partial charge >= 0.3 is 0 Å². The lowest BCUT2D eigenvalue weighted by molar-refractivity contribution is -0.142. The van der Waals surface area contributed by atoms with Crippen LogP contribution in [0.5, 0.6) is 0 Å². The molecule has 0 saturated carbocycles. The SMILES string of the molecule is C=C/C(F)=C\C=C(/C)CC(NC(=O)C(C)NC(=O)CN1CCOCC1)C(=O)N(C)C(Cc1ccccc1)C(=O)C1(C)CO1.[HH].[HH]. The predicted molar refractivity (Wildman–Crippen MR) is 165 cm³/mol. The van der Waals surface area contributed by atoms with Crippen LogP contribution in [0.4, 0.5) is 4.39 Å². The van der Waals surface area contributed by atoms with Gasteiger partial charge in [0, 0.05) is 29.4 Å². The van der Waals surface area contributed by atoms with Gasteiger partial charge in [0.25, 0.3) is 0 Å². The van der Waals surface area contributed by atoms with E-state index in [0.29, 0.717) is 31.9 Å². The number of halogens is 1. The summed E-state index contributed by atoms with van der Waals surface area (Å²) in [6.07, 6.45) is 4.09. The molecule has 4 unspecified atom stereocenters. The number of hydrogen-bond donors (Lipinski definition) is 2. The Bertz CT molecular complexity index is 1240. The molecular weight excluding hydrogens is 555 g/mol. The van der Waals surface area contributed by atoms with Crippen LogP contribution < -0.4 is 10.6 Å². The molecule has 238 valence electrons. The molecule has 1 aromatic rings. The number of benzene rings is 1. The highest BCUT2D eigenvalue weighted by Gasteiger charge is 2.51. The van der Waals surface area contributed by atoms with Crippen LogP contribution >= 0.6 is 0 Å². The number of allylic oxidation sites excluding steroid dienone is 4. The van der Waals surface area contributed by atoms with Crippen molar-refractivity contribution in [3.8, 4) is 0 Å². The lowest BCUT2D eigenvalue weighted by Gasteiger charge is -2.32. The molecule has 0 aromatic heterocycles. The maximum atomic E-state index is 14.0. The first-order chi connectivity index (χ1) is 20.4. The van der Waals surface area contributed by atoms with Crippen LogP contribution in [0.3, 0.4) is 0 Å². The van der Waals surface area contributed by atoms with Gasteiger partial charge in [0.05, 0.1) is 32.4 Å². The van der Waals surface area contributed by atoms with Gasteiger partial charge in [-0.1, -0.05) is 48.6 Å². The van der Waals surface area contributed by atoms with Crippen LogP contribution in [-0.2, 0) is 35.1 Å². The fourth-order valence-corrected chi connectivity index (χ4v) is 4.74. The lowest BCUT2D eigenvalue weighted by Crippen LogP contribution is -2.57. The largest absolute Gasteiger partial charge is 0.379 e. The summed E-state index contributed by atoms with van der Waals surface area (Å²) in [4.78, 5) is 56.6. The average molecular weight is 603 g/mol. The summed E-state index contributed by atoms with van der Waals surface area (Å²) in [5, 5.41) is 5.44. The van der Waals surface area contributed by atoms with Crippen molar-refractivity contribution in [3.63, 3.8) is 0 Å². The highest BCUT2D eigenvalue weighted by Crippen LogP contribution is 2.30. The summed E-state index contributed by atoms with van der Waals surface area (Å²) in [5.41, 5.74) is 0.494. The first-order valence-corrected chi connectivity index (χ1v) is 14.5. The third kappa shape index (κ3) is 10.2. The van der Waals surface area contributed by atoms with Gasteiger partial charge in [0.15, 0.2) is 5.78 Å². The Morgan fingerprint density at radius 3 is 2.42 bits per heavy atom. The summed E-state index contributed by atoms with van der Waals surface area (Å²) in [6, 6.07) is 6.46. The predicted octanol–water partition coefficient (Wildman–Crippen LogP) is 2.60. The monoisotopic (exact) mass is 602 g/mol. The van der Waals surface area contributed by atoms with Crippen molar-refractivity contribution in [3.05, 3.63) is 72.1 Å². The molecule has 2 aliphatic heterocycles. The number of morpholine rings is 1. The van der Waals surface area contributed by atoms with Crippen molar-refractivity contribution in [2.24, 2.45) is 0 Å². The van der Waals surface area contributed by atoms with E-state index in [9.17, 15) is 23.6 Å². The van der Waals surface area contributed by atoms with Crippen molar-refractivity contribution in [2.45, 2.75) is 57.3 Å². The fraction of sp³-hybridized carbons (Fsp3) is 0.500. The van der Waals surface area contributed by atoms with Crippen LogP contribution in [0.2, 0.25) is 0 Å². The lowest BCUT2D eigenvalue weighted by atomic mass is 9.93. The average Bonchev–Trinajstić information content (AvgIpc) is 3.76. The molecule has 2 aliphatic rings. The van der Waals surface area contributed by atoms with Crippen LogP contribution in [0.15, 0.2) is 66.5 Å². The zero-order valence-corrected chi connectivity index (χ0v) is 25.4. The normalized spacial score (nSPS) is 21.2. The first kappa shape index (κ1) is 33.8. The van der Waals surface area contributed by atoms with Gasteiger partial charge in [-0.2, -0.15) is 0 Å². The van der Waals surface area contributed by atoms with E-state index in [1.807, 2.05) is 35.2 Å². The second-order valence-electron chi connectivity index (χ2n) is 11.3. The molecule has 0 aliphatic carbocycles. The molecule has 2 heterocycles. The Labute approximate surface area is 255 Å². The Hall–Kier alpha value is -3.67. The summed E-state index contributed by atoms with van der Waals surface area (Å²) in [6.45, 7) is 11.0. The first-order valence-electron chi connectivity index (χ1n) is 14.5. The number of rotatable bonds is 15. The van der Waals surface area contributed by atoms with Gasteiger partial charge in [-0.15, -0.1) is 0 Å². The Balaban J connectivity index is 0.00000506. The van der Waals surface area contributed by atoms with E-state index in [1.165, 1.54) is 31.0 Å². The number of amides is 3. The molecule has 0 radical (unpaired) electrons. The molecular formula is C32H47FN4O6. The topological polar surface area (TPSA) is 121 Å². The molecule has 10 nitrogen and oxygen atoms in total. The van der Waals surface area contributed by atoms with Crippen LogP contribution in [0.1, 0.15) is 35.6 Å².